The molecule has 80 valence electrons. The van der Waals surface area contributed by atoms with Gasteiger partial charge in [-0.1, -0.05) is 0 Å². The Labute approximate surface area is 87.6 Å². The third-order valence-corrected chi connectivity index (χ3v) is 3.02. The summed E-state index contributed by atoms with van der Waals surface area (Å²) < 4.78 is 11.0. The van der Waals surface area contributed by atoms with E-state index < -0.39 is 0 Å². The Bertz CT molecular complexity index is 403. The number of phenolic OH excluding ortho intramolecular Hbond substituents is 1. The number of ether oxygens (including phenoxy) is 2. The predicted octanol–water partition coefficient (Wildman–Crippen LogP) is 1.23. The average molecular weight is 207 g/mol. The van der Waals surface area contributed by atoms with Gasteiger partial charge in [-0.05, 0) is 6.92 Å². The molecule has 0 amide bonds. The van der Waals surface area contributed by atoms with Crippen molar-refractivity contribution < 1.29 is 14.6 Å². The molecule has 1 aromatic rings. The second kappa shape index (κ2) is 2.72. The van der Waals surface area contributed by atoms with E-state index in [1.807, 2.05) is 6.92 Å². The van der Waals surface area contributed by atoms with Crippen molar-refractivity contribution in [3.8, 4) is 17.2 Å². The van der Waals surface area contributed by atoms with E-state index in [9.17, 15) is 5.11 Å². The van der Waals surface area contributed by atoms with Crippen LogP contribution in [-0.2, 0) is 12.8 Å². The summed E-state index contributed by atoms with van der Waals surface area (Å²) in [5.41, 5.74) is 8.17. The van der Waals surface area contributed by atoms with Crippen LogP contribution < -0.4 is 15.2 Å². The van der Waals surface area contributed by atoms with Gasteiger partial charge in [0.15, 0.2) is 11.5 Å². The zero-order valence-corrected chi connectivity index (χ0v) is 8.54. The SMILES string of the molecule is C[C@H]1Cc2c(O)c3c(c(N)c2O1)OCC3. The highest BCUT2D eigenvalue weighted by molar-refractivity contribution is 5.75. The zero-order chi connectivity index (χ0) is 10.6. The normalized spacial score (nSPS) is 21.8. The maximum atomic E-state index is 10.1. The van der Waals surface area contributed by atoms with Gasteiger partial charge in [-0.25, -0.2) is 0 Å². The molecule has 0 fully saturated rings. The number of nitrogens with two attached hydrogens (primary N) is 1. The summed E-state index contributed by atoms with van der Waals surface area (Å²) in [6.07, 6.45) is 1.53. The number of phenols is 1. The Morgan fingerprint density at radius 2 is 2.13 bits per heavy atom. The van der Waals surface area contributed by atoms with Crippen LogP contribution in [0.4, 0.5) is 5.69 Å². The van der Waals surface area contributed by atoms with Crippen molar-refractivity contribution in [1.82, 2.24) is 0 Å². The van der Waals surface area contributed by atoms with Crippen molar-refractivity contribution in [3.05, 3.63) is 11.1 Å². The second-order valence-corrected chi connectivity index (χ2v) is 4.11. The first-order chi connectivity index (χ1) is 7.18. The zero-order valence-electron chi connectivity index (χ0n) is 8.54. The quantitative estimate of drug-likeness (QED) is 0.496. The lowest BCUT2D eigenvalue weighted by molar-refractivity contribution is 0.255. The highest BCUT2D eigenvalue weighted by Crippen LogP contribution is 2.50. The minimum Gasteiger partial charge on any atom is -0.507 e. The number of hydrogen-bond donors (Lipinski definition) is 2. The van der Waals surface area contributed by atoms with Gasteiger partial charge in [-0.2, -0.15) is 0 Å². The number of anilines is 1. The lowest BCUT2D eigenvalue weighted by Crippen LogP contribution is -2.06. The Morgan fingerprint density at radius 1 is 1.33 bits per heavy atom. The molecule has 3 N–H and O–H groups in total. The fourth-order valence-electron chi connectivity index (χ4n) is 2.33. The predicted molar refractivity (Wildman–Crippen MR) is 55.5 cm³/mol. The van der Waals surface area contributed by atoms with Crippen molar-refractivity contribution in [1.29, 1.82) is 0 Å². The van der Waals surface area contributed by atoms with Crippen molar-refractivity contribution >= 4 is 5.69 Å². The molecular formula is C11H13NO3. The number of aromatic hydroxyl groups is 1. The van der Waals surface area contributed by atoms with E-state index in [1.165, 1.54) is 0 Å². The van der Waals surface area contributed by atoms with Gasteiger partial charge >= 0.3 is 0 Å². The summed E-state index contributed by atoms with van der Waals surface area (Å²) in [5, 5.41) is 10.1. The van der Waals surface area contributed by atoms with Gasteiger partial charge in [-0.3, -0.25) is 0 Å². The summed E-state index contributed by atoms with van der Waals surface area (Å²) in [6.45, 7) is 2.55. The number of fused-ring (bicyclic) bond motifs is 2. The summed E-state index contributed by atoms with van der Waals surface area (Å²) >= 11 is 0. The number of nitrogen functional groups attached to an aromatic ring is 1. The first-order valence-electron chi connectivity index (χ1n) is 5.14. The maximum absolute atomic E-state index is 10.1. The summed E-state index contributed by atoms with van der Waals surface area (Å²) in [5.74, 6) is 1.54. The van der Waals surface area contributed by atoms with Crippen molar-refractivity contribution in [2.45, 2.75) is 25.9 Å². The average Bonchev–Trinajstić information content (AvgIpc) is 2.79. The topological polar surface area (TPSA) is 64.7 Å². The first-order valence-corrected chi connectivity index (χ1v) is 5.14. The van der Waals surface area contributed by atoms with Crippen LogP contribution in [0.1, 0.15) is 18.1 Å². The lowest BCUT2D eigenvalue weighted by atomic mass is 10.0. The number of benzene rings is 1. The molecule has 4 nitrogen and oxygen atoms in total. The summed E-state index contributed by atoms with van der Waals surface area (Å²) in [7, 11) is 0. The highest BCUT2D eigenvalue weighted by atomic mass is 16.5. The number of hydrogen-bond acceptors (Lipinski definition) is 4. The summed E-state index contributed by atoms with van der Waals surface area (Å²) in [6, 6.07) is 0. The molecule has 0 aliphatic carbocycles. The van der Waals surface area contributed by atoms with Crippen LogP contribution in [0.25, 0.3) is 0 Å². The standard InChI is InChI=1S/C11H13NO3/c1-5-4-7-9(13)6-2-3-14-10(6)8(12)11(7)15-5/h5,13H,2-4,12H2,1H3/t5-/m0/s1. The smallest absolute Gasteiger partial charge is 0.153 e. The molecule has 15 heavy (non-hydrogen) atoms. The van der Waals surface area contributed by atoms with Crippen molar-refractivity contribution in [2.24, 2.45) is 0 Å². The van der Waals surface area contributed by atoms with E-state index in [2.05, 4.69) is 0 Å². The van der Waals surface area contributed by atoms with Crippen LogP contribution in [0.5, 0.6) is 17.2 Å². The Kier molecular flexibility index (Phi) is 1.58. The van der Waals surface area contributed by atoms with Crippen LogP contribution in [0.3, 0.4) is 0 Å². The highest BCUT2D eigenvalue weighted by Gasteiger charge is 2.32. The molecule has 0 bridgehead atoms. The molecule has 0 spiro atoms. The largest absolute Gasteiger partial charge is 0.507 e. The molecular weight excluding hydrogens is 194 g/mol. The lowest BCUT2D eigenvalue weighted by Gasteiger charge is -2.11. The Morgan fingerprint density at radius 3 is 2.93 bits per heavy atom. The van der Waals surface area contributed by atoms with Crippen LogP contribution in [0, 0.1) is 0 Å². The van der Waals surface area contributed by atoms with Gasteiger partial charge in [0.1, 0.15) is 17.5 Å². The van der Waals surface area contributed by atoms with E-state index in [0.29, 0.717) is 29.5 Å². The molecule has 1 aromatic carbocycles. The molecule has 2 aliphatic rings. The van der Waals surface area contributed by atoms with Crippen LogP contribution in [0.15, 0.2) is 0 Å². The number of rotatable bonds is 0. The van der Waals surface area contributed by atoms with Crippen LogP contribution >= 0.6 is 0 Å². The summed E-state index contributed by atoms with van der Waals surface area (Å²) in [4.78, 5) is 0. The minimum absolute atomic E-state index is 0.0794. The van der Waals surface area contributed by atoms with E-state index >= 15 is 0 Å². The third-order valence-electron chi connectivity index (χ3n) is 3.02. The van der Waals surface area contributed by atoms with Gasteiger partial charge in [0.05, 0.1) is 6.61 Å². The molecule has 1 atom stereocenters. The maximum Gasteiger partial charge on any atom is 0.153 e. The fraction of sp³-hybridized carbons (Fsp3) is 0.455. The van der Waals surface area contributed by atoms with Gasteiger partial charge in [0.2, 0.25) is 0 Å². The van der Waals surface area contributed by atoms with E-state index in [1.54, 1.807) is 0 Å². The minimum atomic E-state index is 0.0794. The molecule has 2 heterocycles. The third kappa shape index (κ3) is 1.02. The molecule has 4 heteroatoms. The second-order valence-electron chi connectivity index (χ2n) is 4.11. The first kappa shape index (κ1) is 8.71. The molecule has 0 aromatic heterocycles. The monoisotopic (exact) mass is 207 g/mol. The molecule has 2 aliphatic heterocycles. The van der Waals surface area contributed by atoms with Crippen molar-refractivity contribution in [2.75, 3.05) is 12.3 Å². The van der Waals surface area contributed by atoms with E-state index in [-0.39, 0.29) is 6.10 Å². The Balaban J connectivity index is 2.27. The van der Waals surface area contributed by atoms with Gasteiger partial charge in [-0.15, -0.1) is 0 Å². The molecule has 0 unspecified atom stereocenters. The van der Waals surface area contributed by atoms with Gasteiger partial charge in [0.25, 0.3) is 0 Å². The molecule has 3 rings (SSSR count). The van der Waals surface area contributed by atoms with Crippen molar-refractivity contribution in [3.63, 3.8) is 0 Å². The van der Waals surface area contributed by atoms with Crippen LogP contribution in [0.2, 0.25) is 0 Å². The molecule has 0 saturated carbocycles. The molecule has 0 radical (unpaired) electrons. The van der Waals surface area contributed by atoms with E-state index in [4.69, 9.17) is 15.2 Å². The Hall–Kier alpha value is -1.58. The van der Waals surface area contributed by atoms with Gasteiger partial charge in [0, 0.05) is 24.0 Å². The van der Waals surface area contributed by atoms with Gasteiger partial charge < -0.3 is 20.3 Å². The molecule has 0 saturated heterocycles. The van der Waals surface area contributed by atoms with E-state index in [0.717, 1.165) is 24.0 Å². The fourth-order valence-corrected chi connectivity index (χ4v) is 2.33. The van der Waals surface area contributed by atoms with Crippen LogP contribution in [-0.4, -0.2) is 17.8 Å².